The number of aliphatic hydroxyl groups excluding tert-OH is 1. The lowest BCUT2D eigenvalue weighted by molar-refractivity contribution is 0.143. The van der Waals surface area contributed by atoms with E-state index in [4.69, 9.17) is 5.11 Å². The minimum Gasteiger partial charge on any atom is -0.395 e. The molecule has 0 saturated carbocycles. The van der Waals surface area contributed by atoms with Gasteiger partial charge in [0.15, 0.2) is 0 Å². The SMILES string of the molecule is OCC1CN(Cc2ccc(F)cc2)CCN1. The first-order chi connectivity index (χ1) is 7.78. The third-order valence-electron chi connectivity index (χ3n) is 2.88. The predicted octanol–water partition coefficient (Wildman–Crippen LogP) is 0.592. The Morgan fingerprint density at radius 2 is 2.12 bits per heavy atom. The molecule has 88 valence electrons. The lowest BCUT2D eigenvalue weighted by Crippen LogP contribution is -2.51. The van der Waals surface area contributed by atoms with Crippen molar-refractivity contribution in [3.05, 3.63) is 35.6 Å². The third-order valence-corrected chi connectivity index (χ3v) is 2.88. The Kier molecular flexibility index (Phi) is 3.88. The molecule has 1 aliphatic rings. The highest BCUT2D eigenvalue weighted by Gasteiger charge is 2.18. The summed E-state index contributed by atoms with van der Waals surface area (Å²) in [6, 6.07) is 6.76. The van der Waals surface area contributed by atoms with Gasteiger partial charge >= 0.3 is 0 Å². The zero-order valence-corrected chi connectivity index (χ0v) is 9.19. The van der Waals surface area contributed by atoms with Crippen LogP contribution in [0.5, 0.6) is 0 Å². The van der Waals surface area contributed by atoms with Crippen LogP contribution in [-0.4, -0.2) is 42.3 Å². The summed E-state index contributed by atoms with van der Waals surface area (Å²) in [7, 11) is 0. The molecule has 0 radical (unpaired) electrons. The van der Waals surface area contributed by atoms with E-state index in [1.807, 2.05) is 12.1 Å². The number of hydrogen-bond acceptors (Lipinski definition) is 3. The van der Waals surface area contributed by atoms with E-state index >= 15 is 0 Å². The van der Waals surface area contributed by atoms with Crippen LogP contribution in [0.25, 0.3) is 0 Å². The van der Waals surface area contributed by atoms with Gasteiger partial charge in [-0.2, -0.15) is 0 Å². The van der Waals surface area contributed by atoms with Crippen LogP contribution in [0.15, 0.2) is 24.3 Å². The highest BCUT2D eigenvalue weighted by molar-refractivity contribution is 5.16. The van der Waals surface area contributed by atoms with Gasteiger partial charge in [0.05, 0.1) is 6.61 Å². The monoisotopic (exact) mass is 224 g/mol. The fraction of sp³-hybridized carbons (Fsp3) is 0.500. The molecule has 1 fully saturated rings. The van der Waals surface area contributed by atoms with Gasteiger partial charge in [-0.15, -0.1) is 0 Å². The van der Waals surface area contributed by atoms with Gasteiger partial charge in [0, 0.05) is 32.2 Å². The van der Waals surface area contributed by atoms with Crippen LogP contribution in [0.1, 0.15) is 5.56 Å². The quantitative estimate of drug-likeness (QED) is 0.789. The Balaban J connectivity index is 1.91. The molecule has 0 bridgehead atoms. The van der Waals surface area contributed by atoms with Crippen LogP contribution in [0.2, 0.25) is 0 Å². The van der Waals surface area contributed by atoms with Crippen molar-refractivity contribution in [2.45, 2.75) is 12.6 Å². The Morgan fingerprint density at radius 1 is 1.38 bits per heavy atom. The number of benzene rings is 1. The average Bonchev–Trinajstić information content (AvgIpc) is 2.32. The second kappa shape index (κ2) is 5.39. The Bertz CT molecular complexity index is 328. The summed E-state index contributed by atoms with van der Waals surface area (Å²) in [6.45, 7) is 3.69. The second-order valence-electron chi connectivity index (χ2n) is 4.20. The van der Waals surface area contributed by atoms with Crippen molar-refractivity contribution in [1.82, 2.24) is 10.2 Å². The minimum absolute atomic E-state index is 0.161. The van der Waals surface area contributed by atoms with Crippen LogP contribution in [0.3, 0.4) is 0 Å². The molecule has 0 aromatic heterocycles. The van der Waals surface area contributed by atoms with Crippen molar-refractivity contribution < 1.29 is 9.50 Å². The van der Waals surface area contributed by atoms with Crippen LogP contribution in [0, 0.1) is 5.82 Å². The summed E-state index contributed by atoms with van der Waals surface area (Å²) >= 11 is 0. The zero-order valence-electron chi connectivity index (χ0n) is 9.19. The third kappa shape index (κ3) is 3.01. The highest BCUT2D eigenvalue weighted by Crippen LogP contribution is 2.08. The van der Waals surface area contributed by atoms with Crippen molar-refractivity contribution in [1.29, 1.82) is 0 Å². The molecule has 0 spiro atoms. The van der Waals surface area contributed by atoms with E-state index in [1.54, 1.807) is 0 Å². The summed E-state index contributed by atoms with van der Waals surface area (Å²) in [5, 5.41) is 12.3. The zero-order chi connectivity index (χ0) is 11.4. The minimum atomic E-state index is -0.197. The molecule has 1 heterocycles. The molecule has 1 aromatic rings. The van der Waals surface area contributed by atoms with Crippen LogP contribution in [0.4, 0.5) is 4.39 Å². The number of piperazine rings is 1. The van der Waals surface area contributed by atoms with E-state index in [-0.39, 0.29) is 18.5 Å². The second-order valence-corrected chi connectivity index (χ2v) is 4.20. The van der Waals surface area contributed by atoms with Gasteiger partial charge in [-0.05, 0) is 17.7 Å². The van der Waals surface area contributed by atoms with Gasteiger partial charge in [0.2, 0.25) is 0 Å². The molecule has 3 nitrogen and oxygen atoms in total. The maximum atomic E-state index is 12.7. The number of nitrogens with zero attached hydrogens (tertiary/aromatic N) is 1. The molecule has 2 N–H and O–H groups in total. The molecule has 2 rings (SSSR count). The standard InChI is InChI=1S/C12H17FN2O/c13-11-3-1-10(2-4-11)7-15-6-5-14-12(8-15)9-16/h1-4,12,14,16H,5-9H2. The first-order valence-electron chi connectivity index (χ1n) is 5.59. The Morgan fingerprint density at radius 3 is 2.81 bits per heavy atom. The van der Waals surface area contributed by atoms with Crippen molar-refractivity contribution in [2.75, 3.05) is 26.2 Å². The lowest BCUT2D eigenvalue weighted by atomic mass is 10.1. The van der Waals surface area contributed by atoms with Gasteiger partial charge in [0.25, 0.3) is 0 Å². The first-order valence-corrected chi connectivity index (χ1v) is 5.59. The van der Waals surface area contributed by atoms with Crippen molar-refractivity contribution >= 4 is 0 Å². The summed E-state index contributed by atoms with van der Waals surface area (Å²) in [6.07, 6.45) is 0. The van der Waals surface area contributed by atoms with Gasteiger partial charge in [-0.1, -0.05) is 12.1 Å². The predicted molar refractivity (Wildman–Crippen MR) is 60.6 cm³/mol. The van der Waals surface area contributed by atoms with Gasteiger partial charge in [-0.3, -0.25) is 4.90 Å². The highest BCUT2D eigenvalue weighted by atomic mass is 19.1. The Hall–Kier alpha value is -0.970. The normalized spacial score (nSPS) is 22.2. The summed E-state index contributed by atoms with van der Waals surface area (Å²) in [5.41, 5.74) is 1.11. The molecule has 1 aliphatic heterocycles. The van der Waals surface area contributed by atoms with Crippen molar-refractivity contribution in [3.8, 4) is 0 Å². The molecular formula is C12H17FN2O. The van der Waals surface area contributed by atoms with E-state index in [0.717, 1.165) is 31.7 Å². The fourth-order valence-electron chi connectivity index (χ4n) is 2.01. The maximum absolute atomic E-state index is 12.7. The van der Waals surface area contributed by atoms with Crippen molar-refractivity contribution in [2.24, 2.45) is 0 Å². The van der Waals surface area contributed by atoms with Crippen LogP contribution < -0.4 is 5.32 Å². The van der Waals surface area contributed by atoms with Gasteiger partial charge < -0.3 is 10.4 Å². The van der Waals surface area contributed by atoms with E-state index < -0.39 is 0 Å². The van der Waals surface area contributed by atoms with E-state index in [2.05, 4.69) is 10.2 Å². The number of hydrogen-bond donors (Lipinski definition) is 2. The molecule has 16 heavy (non-hydrogen) atoms. The van der Waals surface area contributed by atoms with Gasteiger partial charge in [0.1, 0.15) is 5.82 Å². The molecular weight excluding hydrogens is 207 g/mol. The number of halogens is 1. The van der Waals surface area contributed by atoms with E-state index in [0.29, 0.717) is 0 Å². The molecule has 1 saturated heterocycles. The number of aliphatic hydroxyl groups is 1. The van der Waals surface area contributed by atoms with Crippen LogP contribution in [-0.2, 0) is 6.54 Å². The molecule has 0 amide bonds. The lowest BCUT2D eigenvalue weighted by Gasteiger charge is -2.32. The molecule has 1 unspecified atom stereocenters. The smallest absolute Gasteiger partial charge is 0.123 e. The molecule has 4 heteroatoms. The topological polar surface area (TPSA) is 35.5 Å². The summed E-state index contributed by atoms with van der Waals surface area (Å²) in [5.74, 6) is -0.197. The molecule has 0 aliphatic carbocycles. The van der Waals surface area contributed by atoms with E-state index in [9.17, 15) is 4.39 Å². The summed E-state index contributed by atoms with van der Waals surface area (Å²) < 4.78 is 12.7. The molecule has 1 aromatic carbocycles. The number of rotatable bonds is 3. The Labute approximate surface area is 94.9 Å². The van der Waals surface area contributed by atoms with Crippen LogP contribution >= 0.6 is 0 Å². The van der Waals surface area contributed by atoms with Gasteiger partial charge in [-0.25, -0.2) is 4.39 Å². The van der Waals surface area contributed by atoms with E-state index in [1.165, 1.54) is 12.1 Å². The van der Waals surface area contributed by atoms with Crippen molar-refractivity contribution in [3.63, 3.8) is 0 Å². The molecule has 1 atom stereocenters. The first kappa shape index (κ1) is 11.5. The number of nitrogens with one attached hydrogen (secondary N) is 1. The fourth-order valence-corrected chi connectivity index (χ4v) is 2.01. The summed E-state index contributed by atoms with van der Waals surface area (Å²) in [4.78, 5) is 2.27. The largest absolute Gasteiger partial charge is 0.395 e. The maximum Gasteiger partial charge on any atom is 0.123 e. The average molecular weight is 224 g/mol.